The molecule has 1 aromatic heterocycles. The van der Waals surface area contributed by atoms with Gasteiger partial charge in [0.15, 0.2) is 0 Å². The molecule has 72 valence electrons. The van der Waals surface area contributed by atoms with Crippen LogP contribution in [0.3, 0.4) is 0 Å². The number of hydrogen-bond acceptors (Lipinski definition) is 1. The van der Waals surface area contributed by atoms with Crippen LogP contribution in [0.15, 0.2) is 43.0 Å². The van der Waals surface area contributed by atoms with Crippen molar-refractivity contribution in [2.45, 2.75) is 6.54 Å². The molecule has 0 unspecified atom stereocenters. The van der Waals surface area contributed by atoms with Crippen molar-refractivity contribution in [3.05, 3.63) is 48.5 Å². The normalized spacial score (nSPS) is 10.4. The van der Waals surface area contributed by atoms with Crippen molar-refractivity contribution in [3.63, 3.8) is 0 Å². The van der Waals surface area contributed by atoms with Gasteiger partial charge in [-0.15, -0.1) is 0 Å². The predicted molar refractivity (Wildman–Crippen MR) is 54.8 cm³/mol. The van der Waals surface area contributed by atoms with Crippen molar-refractivity contribution in [2.24, 2.45) is 12.8 Å². The van der Waals surface area contributed by atoms with E-state index >= 15 is 0 Å². The summed E-state index contributed by atoms with van der Waals surface area (Å²) in [6.07, 6.45) is 6.06. The van der Waals surface area contributed by atoms with Gasteiger partial charge in [-0.3, -0.25) is 0 Å². The predicted octanol–water partition coefficient (Wildman–Crippen LogP) is 0.760. The molecule has 2 rings (SSSR count). The monoisotopic (exact) mass is 188 g/mol. The molecule has 0 spiro atoms. The molecule has 3 heteroatoms. The smallest absolute Gasteiger partial charge is 0.248 e. The fourth-order valence-electron chi connectivity index (χ4n) is 1.41. The SMILES string of the molecule is C[n+]1ccn(-c2ccc(CN)cc2)c1. The molecule has 1 aromatic carbocycles. The van der Waals surface area contributed by atoms with Crippen molar-refractivity contribution in [2.75, 3.05) is 0 Å². The zero-order valence-electron chi connectivity index (χ0n) is 8.22. The van der Waals surface area contributed by atoms with Crippen LogP contribution in [-0.4, -0.2) is 4.57 Å². The second kappa shape index (κ2) is 3.64. The first-order valence-electron chi connectivity index (χ1n) is 4.62. The highest BCUT2D eigenvalue weighted by Gasteiger charge is 2.02. The molecular weight excluding hydrogens is 174 g/mol. The summed E-state index contributed by atoms with van der Waals surface area (Å²) >= 11 is 0. The second-order valence-electron chi connectivity index (χ2n) is 3.36. The van der Waals surface area contributed by atoms with Crippen molar-refractivity contribution < 1.29 is 4.57 Å². The molecule has 14 heavy (non-hydrogen) atoms. The molecule has 2 N–H and O–H groups in total. The zero-order valence-corrected chi connectivity index (χ0v) is 8.22. The van der Waals surface area contributed by atoms with E-state index in [2.05, 4.69) is 28.8 Å². The van der Waals surface area contributed by atoms with Gasteiger partial charge in [0.1, 0.15) is 18.1 Å². The van der Waals surface area contributed by atoms with E-state index in [1.807, 2.05) is 30.3 Å². The van der Waals surface area contributed by atoms with Crippen LogP contribution in [-0.2, 0) is 13.6 Å². The summed E-state index contributed by atoms with van der Waals surface area (Å²) in [5.41, 5.74) is 7.84. The summed E-state index contributed by atoms with van der Waals surface area (Å²) in [6.45, 7) is 0.597. The molecule has 0 aliphatic rings. The lowest BCUT2D eigenvalue weighted by Gasteiger charge is -1.97. The van der Waals surface area contributed by atoms with E-state index < -0.39 is 0 Å². The van der Waals surface area contributed by atoms with Gasteiger partial charge in [-0.25, -0.2) is 9.13 Å². The maximum absolute atomic E-state index is 5.53. The summed E-state index contributed by atoms with van der Waals surface area (Å²) in [5, 5.41) is 0. The fourth-order valence-corrected chi connectivity index (χ4v) is 1.41. The Hall–Kier alpha value is -1.61. The summed E-state index contributed by atoms with van der Waals surface area (Å²) < 4.78 is 4.08. The molecule has 0 saturated carbocycles. The average Bonchev–Trinajstić information content (AvgIpc) is 2.65. The Morgan fingerprint density at radius 3 is 2.50 bits per heavy atom. The highest BCUT2D eigenvalue weighted by Crippen LogP contribution is 2.07. The van der Waals surface area contributed by atoms with Gasteiger partial charge in [0, 0.05) is 6.54 Å². The second-order valence-corrected chi connectivity index (χ2v) is 3.36. The maximum atomic E-state index is 5.53. The van der Waals surface area contributed by atoms with Crippen LogP contribution < -0.4 is 10.3 Å². The number of nitrogens with two attached hydrogens (primary N) is 1. The minimum absolute atomic E-state index is 0.597. The third-order valence-corrected chi connectivity index (χ3v) is 2.24. The van der Waals surface area contributed by atoms with E-state index in [1.165, 1.54) is 0 Å². The molecular formula is C11H14N3+. The molecule has 0 bridgehead atoms. The van der Waals surface area contributed by atoms with Gasteiger partial charge >= 0.3 is 0 Å². The van der Waals surface area contributed by atoms with Crippen LogP contribution in [0.4, 0.5) is 0 Å². The van der Waals surface area contributed by atoms with Gasteiger partial charge in [0.25, 0.3) is 0 Å². The Labute approximate surface area is 83.4 Å². The largest absolute Gasteiger partial charge is 0.326 e. The molecule has 1 heterocycles. The van der Waals surface area contributed by atoms with Crippen LogP contribution in [0.1, 0.15) is 5.56 Å². The number of rotatable bonds is 2. The molecule has 0 atom stereocenters. The summed E-state index contributed by atoms with van der Waals surface area (Å²) in [5.74, 6) is 0. The van der Waals surface area contributed by atoms with Gasteiger partial charge in [-0.05, 0) is 17.7 Å². The molecule has 0 radical (unpaired) electrons. The first-order chi connectivity index (χ1) is 6.79. The molecule has 0 saturated heterocycles. The number of hydrogen-bond donors (Lipinski definition) is 1. The zero-order chi connectivity index (χ0) is 9.97. The van der Waals surface area contributed by atoms with Crippen LogP contribution in [0.25, 0.3) is 5.69 Å². The first-order valence-corrected chi connectivity index (χ1v) is 4.62. The summed E-state index contributed by atoms with van der Waals surface area (Å²) in [6, 6.07) is 8.25. The van der Waals surface area contributed by atoms with E-state index in [1.54, 1.807) is 0 Å². The van der Waals surface area contributed by atoms with Crippen molar-refractivity contribution >= 4 is 0 Å². The van der Waals surface area contributed by atoms with Crippen molar-refractivity contribution in [1.29, 1.82) is 0 Å². The van der Waals surface area contributed by atoms with E-state index in [9.17, 15) is 0 Å². The highest BCUT2D eigenvalue weighted by molar-refractivity contribution is 5.34. The number of benzene rings is 1. The van der Waals surface area contributed by atoms with E-state index in [0.717, 1.165) is 11.3 Å². The molecule has 2 aromatic rings. The van der Waals surface area contributed by atoms with Crippen LogP contribution in [0.2, 0.25) is 0 Å². The van der Waals surface area contributed by atoms with E-state index in [-0.39, 0.29) is 0 Å². The summed E-state index contributed by atoms with van der Waals surface area (Å²) in [4.78, 5) is 0. The standard InChI is InChI=1S/C11H14N3/c1-13-6-7-14(9-13)11-4-2-10(8-12)3-5-11/h2-7,9H,8,12H2,1H3/q+1. The third-order valence-electron chi connectivity index (χ3n) is 2.24. The maximum Gasteiger partial charge on any atom is 0.248 e. The minimum Gasteiger partial charge on any atom is -0.326 e. The van der Waals surface area contributed by atoms with Gasteiger partial charge in [0.2, 0.25) is 6.33 Å². The Kier molecular flexibility index (Phi) is 2.33. The Morgan fingerprint density at radius 2 is 2.00 bits per heavy atom. The molecule has 0 fully saturated rings. The number of imidazole rings is 1. The quantitative estimate of drug-likeness (QED) is 0.694. The lowest BCUT2D eigenvalue weighted by Crippen LogP contribution is -2.23. The van der Waals surface area contributed by atoms with Crippen LogP contribution in [0, 0.1) is 0 Å². The third kappa shape index (κ3) is 1.67. The van der Waals surface area contributed by atoms with E-state index in [4.69, 9.17) is 5.73 Å². The average molecular weight is 188 g/mol. The van der Waals surface area contributed by atoms with Crippen LogP contribution in [0.5, 0.6) is 0 Å². The topological polar surface area (TPSA) is 34.8 Å². The fraction of sp³-hybridized carbons (Fsp3) is 0.182. The minimum atomic E-state index is 0.597. The first kappa shape index (κ1) is 8.97. The van der Waals surface area contributed by atoms with E-state index in [0.29, 0.717) is 6.54 Å². The lowest BCUT2D eigenvalue weighted by atomic mass is 10.2. The van der Waals surface area contributed by atoms with Gasteiger partial charge in [-0.2, -0.15) is 0 Å². The lowest BCUT2D eigenvalue weighted by molar-refractivity contribution is -0.670. The molecule has 0 aliphatic carbocycles. The van der Waals surface area contributed by atoms with Crippen molar-refractivity contribution in [1.82, 2.24) is 4.57 Å². The number of aryl methyl sites for hydroxylation is 1. The Morgan fingerprint density at radius 1 is 1.29 bits per heavy atom. The molecule has 0 aliphatic heterocycles. The molecule has 0 amide bonds. The van der Waals surface area contributed by atoms with Gasteiger partial charge in [0.05, 0.1) is 7.05 Å². The summed E-state index contributed by atoms with van der Waals surface area (Å²) in [7, 11) is 2.00. The Bertz CT molecular complexity index is 414. The van der Waals surface area contributed by atoms with Gasteiger partial charge < -0.3 is 5.73 Å². The number of aromatic nitrogens is 2. The Balaban J connectivity index is 2.33. The van der Waals surface area contributed by atoms with Crippen LogP contribution >= 0.6 is 0 Å². The van der Waals surface area contributed by atoms with Gasteiger partial charge in [-0.1, -0.05) is 12.1 Å². The number of nitrogens with zero attached hydrogens (tertiary/aromatic N) is 2. The van der Waals surface area contributed by atoms with Crippen molar-refractivity contribution in [3.8, 4) is 5.69 Å². The highest BCUT2D eigenvalue weighted by atomic mass is 15.1. The molecule has 3 nitrogen and oxygen atoms in total.